The molecule has 1 heterocycles. The van der Waals surface area contributed by atoms with Gasteiger partial charge in [-0.1, -0.05) is 6.92 Å². The zero-order valence-electron chi connectivity index (χ0n) is 12.1. The first-order valence-corrected chi connectivity index (χ1v) is 7.40. The van der Waals surface area contributed by atoms with Crippen LogP contribution in [-0.4, -0.2) is 56.0 Å². The fourth-order valence-electron chi connectivity index (χ4n) is 2.94. The molecule has 1 aliphatic heterocycles. The van der Waals surface area contributed by atoms with Crippen LogP contribution in [0.1, 0.15) is 39.0 Å². The number of likely N-dealkylation sites (N-methyl/N-ethyl adjacent to an activating group) is 1. The molecule has 0 aromatic heterocycles. The maximum absolute atomic E-state index is 11.7. The molecule has 2 aliphatic rings. The molecule has 1 aliphatic carbocycles. The maximum Gasteiger partial charge on any atom is 0.234 e. The van der Waals surface area contributed by atoms with E-state index >= 15 is 0 Å². The summed E-state index contributed by atoms with van der Waals surface area (Å²) in [5, 5.41) is 2.92. The molecule has 0 atom stereocenters. The summed E-state index contributed by atoms with van der Waals surface area (Å²) in [6.45, 7) is 4.76. The zero-order valence-corrected chi connectivity index (χ0v) is 12.1. The molecule has 0 radical (unpaired) electrons. The van der Waals surface area contributed by atoms with Crippen molar-refractivity contribution in [3.05, 3.63) is 0 Å². The van der Waals surface area contributed by atoms with Gasteiger partial charge in [0.1, 0.15) is 0 Å². The molecule has 0 unspecified atom stereocenters. The Bertz CT molecular complexity index is 293. The fraction of sp³-hybridized carbons (Fsp3) is 0.929. The molecule has 5 nitrogen and oxygen atoms in total. The van der Waals surface area contributed by atoms with E-state index in [1.807, 2.05) is 7.05 Å². The number of hydrogen-bond acceptors (Lipinski definition) is 4. The number of hydrogen-bond donors (Lipinski definition) is 1. The number of nitrogens with one attached hydrogen (secondary N) is 1. The Labute approximate surface area is 115 Å². The Hall–Kier alpha value is -0.650. The van der Waals surface area contributed by atoms with Gasteiger partial charge >= 0.3 is 0 Å². The lowest BCUT2D eigenvalue weighted by atomic mass is 9.89. The standard InChI is InChI=1S/C14H26N2O3/c1-3-8-15-13(17)11-16(2)12-4-6-14(7-5-12)18-9-10-19-14/h12H,3-11H2,1-2H3,(H,15,17). The summed E-state index contributed by atoms with van der Waals surface area (Å²) in [5.41, 5.74) is 0. The summed E-state index contributed by atoms with van der Waals surface area (Å²) in [7, 11) is 2.03. The lowest BCUT2D eigenvalue weighted by molar-refractivity contribution is -0.183. The van der Waals surface area contributed by atoms with E-state index in [-0.39, 0.29) is 11.7 Å². The van der Waals surface area contributed by atoms with Gasteiger partial charge in [-0.25, -0.2) is 0 Å². The molecule has 2 rings (SSSR count). The van der Waals surface area contributed by atoms with Crippen molar-refractivity contribution in [3.63, 3.8) is 0 Å². The molecule has 19 heavy (non-hydrogen) atoms. The molecule has 1 amide bonds. The normalized spacial score (nSPS) is 23.1. The quantitative estimate of drug-likeness (QED) is 0.813. The second-order valence-electron chi connectivity index (χ2n) is 5.60. The Balaban J connectivity index is 1.72. The molecule has 1 spiro atoms. The van der Waals surface area contributed by atoms with Gasteiger partial charge in [-0.3, -0.25) is 9.69 Å². The second-order valence-corrected chi connectivity index (χ2v) is 5.60. The average molecular weight is 270 g/mol. The molecule has 110 valence electrons. The molecule has 2 fully saturated rings. The Morgan fingerprint density at radius 2 is 1.95 bits per heavy atom. The largest absolute Gasteiger partial charge is 0.355 e. The van der Waals surface area contributed by atoms with Crippen LogP contribution in [0.3, 0.4) is 0 Å². The first-order valence-electron chi connectivity index (χ1n) is 7.40. The van der Waals surface area contributed by atoms with E-state index in [2.05, 4.69) is 17.1 Å². The second kappa shape index (κ2) is 6.68. The zero-order chi connectivity index (χ0) is 13.7. The minimum Gasteiger partial charge on any atom is -0.355 e. The minimum absolute atomic E-state index is 0.123. The summed E-state index contributed by atoms with van der Waals surface area (Å²) >= 11 is 0. The number of rotatable bonds is 5. The van der Waals surface area contributed by atoms with Crippen molar-refractivity contribution in [1.82, 2.24) is 10.2 Å². The van der Waals surface area contributed by atoms with Crippen LogP contribution in [-0.2, 0) is 14.3 Å². The third kappa shape index (κ3) is 3.91. The summed E-state index contributed by atoms with van der Waals surface area (Å²) in [5.74, 6) is -0.181. The number of nitrogens with zero attached hydrogens (tertiary/aromatic N) is 1. The highest BCUT2D eigenvalue weighted by molar-refractivity contribution is 5.77. The first-order chi connectivity index (χ1) is 9.15. The number of carbonyl (C=O) groups excluding carboxylic acids is 1. The molecule has 1 saturated carbocycles. The summed E-state index contributed by atoms with van der Waals surface area (Å²) in [6.07, 6.45) is 4.95. The first kappa shape index (κ1) is 14.8. The SMILES string of the molecule is CCCNC(=O)CN(C)C1CCC2(CC1)OCCO2. The van der Waals surface area contributed by atoms with Crippen molar-refractivity contribution in [2.45, 2.75) is 50.9 Å². The molecule has 1 saturated heterocycles. The lowest BCUT2D eigenvalue weighted by Gasteiger charge is -2.38. The molecule has 0 aromatic rings. The van der Waals surface area contributed by atoms with Crippen LogP contribution in [0.4, 0.5) is 0 Å². The van der Waals surface area contributed by atoms with Gasteiger partial charge in [-0.2, -0.15) is 0 Å². The van der Waals surface area contributed by atoms with Crippen LogP contribution in [0.2, 0.25) is 0 Å². The molecular weight excluding hydrogens is 244 g/mol. The molecular formula is C14H26N2O3. The van der Waals surface area contributed by atoms with Crippen LogP contribution in [0.15, 0.2) is 0 Å². The van der Waals surface area contributed by atoms with Gasteiger partial charge in [0.15, 0.2) is 5.79 Å². The van der Waals surface area contributed by atoms with Crippen LogP contribution >= 0.6 is 0 Å². The fourth-order valence-corrected chi connectivity index (χ4v) is 2.94. The maximum atomic E-state index is 11.7. The van der Waals surface area contributed by atoms with Crippen molar-refractivity contribution in [3.8, 4) is 0 Å². The van der Waals surface area contributed by atoms with Gasteiger partial charge in [0.2, 0.25) is 5.91 Å². The van der Waals surface area contributed by atoms with Crippen molar-refractivity contribution in [2.75, 3.05) is 33.4 Å². The van der Waals surface area contributed by atoms with Gasteiger partial charge in [-0.05, 0) is 26.3 Å². The third-order valence-electron chi connectivity index (χ3n) is 4.12. The van der Waals surface area contributed by atoms with E-state index in [1.165, 1.54) is 0 Å². The van der Waals surface area contributed by atoms with E-state index in [9.17, 15) is 4.79 Å². The molecule has 0 bridgehead atoms. The topological polar surface area (TPSA) is 50.8 Å². The summed E-state index contributed by atoms with van der Waals surface area (Å²) < 4.78 is 11.4. The van der Waals surface area contributed by atoms with E-state index in [4.69, 9.17) is 9.47 Å². The Kier molecular flexibility index (Phi) is 5.19. The van der Waals surface area contributed by atoms with E-state index in [0.29, 0.717) is 12.6 Å². The van der Waals surface area contributed by atoms with Crippen molar-refractivity contribution in [2.24, 2.45) is 0 Å². The third-order valence-corrected chi connectivity index (χ3v) is 4.12. The van der Waals surface area contributed by atoms with E-state index < -0.39 is 0 Å². The minimum atomic E-state index is -0.304. The highest BCUT2D eigenvalue weighted by atomic mass is 16.7. The summed E-state index contributed by atoms with van der Waals surface area (Å²) in [6, 6.07) is 0.464. The Morgan fingerprint density at radius 3 is 2.53 bits per heavy atom. The van der Waals surface area contributed by atoms with Gasteiger partial charge in [0, 0.05) is 25.4 Å². The van der Waals surface area contributed by atoms with Crippen molar-refractivity contribution < 1.29 is 14.3 Å². The predicted molar refractivity (Wildman–Crippen MR) is 72.8 cm³/mol. The summed E-state index contributed by atoms with van der Waals surface area (Å²) in [4.78, 5) is 13.9. The van der Waals surface area contributed by atoms with Crippen molar-refractivity contribution >= 4 is 5.91 Å². The lowest BCUT2D eigenvalue weighted by Crippen LogP contribution is -2.46. The van der Waals surface area contributed by atoms with Gasteiger partial charge < -0.3 is 14.8 Å². The number of amides is 1. The van der Waals surface area contributed by atoms with Crippen LogP contribution in [0, 0.1) is 0 Å². The van der Waals surface area contributed by atoms with Crippen LogP contribution < -0.4 is 5.32 Å². The highest BCUT2D eigenvalue weighted by Crippen LogP contribution is 2.36. The molecule has 0 aromatic carbocycles. The number of ether oxygens (including phenoxy) is 2. The van der Waals surface area contributed by atoms with E-state index in [1.54, 1.807) is 0 Å². The van der Waals surface area contributed by atoms with Gasteiger partial charge in [-0.15, -0.1) is 0 Å². The average Bonchev–Trinajstić information content (AvgIpc) is 2.85. The van der Waals surface area contributed by atoms with Gasteiger partial charge in [0.25, 0.3) is 0 Å². The Morgan fingerprint density at radius 1 is 1.32 bits per heavy atom. The molecule has 5 heteroatoms. The van der Waals surface area contributed by atoms with Gasteiger partial charge in [0.05, 0.1) is 19.8 Å². The highest BCUT2D eigenvalue weighted by Gasteiger charge is 2.41. The van der Waals surface area contributed by atoms with Crippen LogP contribution in [0.25, 0.3) is 0 Å². The van der Waals surface area contributed by atoms with Crippen molar-refractivity contribution in [1.29, 1.82) is 0 Å². The van der Waals surface area contributed by atoms with E-state index in [0.717, 1.165) is 51.9 Å². The monoisotopic (exact) mass is 270 g/mol. The number of carbonyl (C=O) groups is 1. The van der Waals surface area contributed by atoms with Crippen LogP contribution in [0.5, 0.6) is 0 Å². The predicted octanol–water partition coefficient (Wildman–Crippen LogP) is 1.13. The molecule has 1 N–H and O–H groups in total. The smallest absolute Gasteiger partial charge is 0.234 e.